The lowest BCUT2D eigenvalue weighted by Gasteiger charge is -2.17. The molecule has 0 rings (SSSR count). The van der Waals surface area contributed by atoms with E-state index in [1.54, 1.807) is 0 Å². The first-order chi connectivity index (χ1) is 6.39. The zero-order chi connectivity index (χ0) is 11.2. The first-order valence-electron chi connectivity index (χ1n) is 4.65. The zero-order valence-corrected chi connectivity index (χ0v) is 9.33. The molecule has 0 radical (unpaired) electrons. The summed E-state index contributed by atoms with van der Waals surface area (Å²) < 4.78 is 35.0. The Balaban J connectivity index is 4.01. The molecule has 6 heteroatoms. The number of hydrogen-bond donors (Lipinski definition) is 2. The summed E-state index contributed by atoms with van der Waals surface area (Å²) in [7, 11) is -4.32. The molecule has 2 N–H and O–H groups in total. The highest BCUT2D eigenvalue weighted by molar-refractivity contribution is 7.86. The van der Waals surface area contributed by atoms with Crippen LogP contribution >= 0.6 is 0 Å². The minimum Gasteiger partial charge on any atom is -0.389 e. The SMILES string of the molecule is CCCCCOC(C(C)O)S(=O)(=O)O. The van der Waals surface area contributed by atoms with Crippen LogP contribution in [0.15, 0.2) is 0 Å². The Morgan fingerprint density at radius 1 is 1.36 bits per heavy atom. The van der Waals surface area contributed by atoms with Crippen LogP contribution in [0.25, 0.3) is 0 Å². The van der Waals surface area contributed by atoms with Gasteiger partial charge in [-0.15, -0.1) is 0 Å². The number of aliphatic hydroxyl groups excluding tert-OH is 1. The van der Waals surface area contributed by atoms with E-state index in [4.69, 9.17) is 14.4 Å². The third kappa shape index (κ3) is 5.54. The topological polar surface area (TPSA) is 83.8 Å². The second-order valence-corrected chi connectivity index (χ2v) is 4.70. The summed E-state index contributed by atoms with van der Waals surface area (Å²) in [5.41, 5.74) is -1.53. The smallest absolute Gasteiger partial charge is 0.294 e. The molecule has 0 saturated heterocycles. The van der Waals surface area contributed by atoms with Gasteiger partial charge in [0, 0.05) is 6.61 Å². The van der Waals surface area contributed by atoms with Crippen molar-refractivity contribution in [1.29, 1.82) is 0 Å². The molecule has 0 fully saturated rings. The number of ether oxygens (including phenoxy) is 1. The van der Waals surface area contributed by atoms with Crippen molar-refractivity contribution >= 4 is 10.1 Å². The second-order valence-electron chi connectivity index (χ2n) is 3.20. The van der Waals surface area contributed by atoms with Gasteiger partial charge < -0.3 is 9.84 Å². The Kier molecular flexibility index (Phi) is 6.26. The number of aliphatic hydroxyl groups is 1. The fourth-order valence-electron chi connectivity index (χ4n) is 1.03. The Labute approximate surface area is 84.8 Å². The van der Waals surface area contributed by atoms with Crippen molar-refractivity contribution in [3.05, 3.63) is 0 Å². The quantitative estimate of drug-likeness (QED) is 0.495. The summed E-state index contributed by atoms with van der Waals surface area (Å²) in [6, 6.07) is 0. The van der Waals surface area contributed by atoms with Gasteiger partial charge in [-0.3, -0.25) is 4.55 Å². The van der Waals surface area contributed by atoms with Crippen LogP contribution in [0.3, 0.4) is 0 Å². The molecule has 0 bridgehead atoms. The van der Waals surface area contributed by atoms with Crippen LogP contribution in [0.5, 0.6) is 0 Å². The van der Waals surface area contributed by atoms with E-state index in [9.17, 15) is 8.42 Å². The fourth-order valence-corrected chi connectivity index (χ4v) is 1.79. The molecule has 86 valence electrons. The molecular weight excluding hydrogens is 208 g/mol. The normalized spacial score (nSPS) is 16.6. The van der Waals surface area contributed by atoms with Crippen molar-refractivity contribution in [2.24, 2.45) is 0 Å². The van der Waals surface area contributed by atoms with Crippen molar-refractivity contribution in [3.63, 3.8) is 0 Å². The van der Waals surface area contributed by atoms with E-state index in [2.05, 4.69) is 0 Å². The maximum absolute atomic E-state index is 10.7. The van der Waals surface area contributed by atoms with E-state index in [0.717, 1.165) is 19.3 Å². The molecule has 0 aliphatic heterocycles. The van der Waals surface area contributed by atoms with Crippen molar-refractivity contribution in [2.45, 2.75) is 44.6 Å². The predicted octanol–water partition coefficient (Wildman–Crippen LogP) is 0.788. The van der Waals surface area contributed by atoms with Crippen LogP contribution < -0.4 is 0 Å². The van der Waals surface area contributed by atoms with Gasteiger partial charge in [0.2, 0.25) is 5.44 Å². The minimum absolute atomic E-state index is 0.225. The number of hydrogen-bond acceptors (Lipinski definition) is 4. The van der Waals surface area contributed by atoms with Gasteiger partial charge >= 0.3 is 0 Å². The third-order valence-corrected chi connectivity index (χ3v) is 2.83. The zero-order valence-electron chi connectivity index (χ0n) is 8.51. The molecule has 0 aliphatic rings. The Bertz CT molecular complexity index is 234. The van der Waals surface area contributed by atoms with Gasteiger partial charge in [-0.05, 0) is 13.3 Å². The van der Waals surface area contributed by atoms with E-state index in [1.807, 2.05) is 6.92 Å². The first kappa shape index (κ1) is 13.8. The van der Waals surface area contributed by atoms with Crippen LogP contribution in [0.4, 0.5) is 0 Å². The van der Waals surface area contributed by atoms with Crippen LogP contribution in [0, 0.1) is 0 Å². The van der Waals surface area contributed by atoms with E-state index < -0.39 is 21.7 Å². The highest BCUT2D eigenvalue weighted by atomic mass is 32.2. The third-order valence-electron chi connectivity index (χ3n) is 1.72. The molecular formula is C8H18O5S. The Hall–Kier alpha value is -0.170. The summed E-state index contributed by atoms with van der Waals surface area (Å²) in [6.07, 6.45) is 1.41. The molecule has 0 heterocycles. The summed E-state index contributed by atoms with van der Waals surface area (Å²) in [5, 5.41) is 9.04. The molecule has 0 spiro atoms. The standard InChI is InChI=1S/C8H18O5S/c1-3-4-5-6-13-8(7(2)9)14(10,11)12/h7-9H,3-6H2,1-2H3,(H,10,11,12). The average molecular weight is 226 g/mol. The van der Waals surface area contributed by atoms with Gasteiger partial charge in [0.1, 0.15) is 0 Å². The average Bonchev–Trinajstić information content (AvgIpc) is 2.01. The lowest BCUT2D eigenvalue weighted by atomic mass is 10.3. The molecule has 0 aromatic carbocycles. The van der Waals surface area contributed by atoms with Gasteiger partial charge in [-0.2, -0.15) is 8.42 Å². The summed E-state index contributed by atoms with van der Waals surface area (Å²) >= 11 is 0. The minimum atomic E-state index is -4.32. The summed E-state index contributed by atoms with van der Waals surface area (Å²) in [6.45, 7) is 3.50. The number of rotatable bonds is 7. The summed E-state index contributed by atoms with van der Waals surface area (Å²) in [5.74, 6) is 0. The van der Waals surface area contributed by atoms with Gasteiger partial charge in [-0.25, -0.2) is 0 Å². The molecule has 0 aliphatic carbocycles. The summed E-state index contributed by atoms with van der Waals surface area (Å²) in [4.78, 5) is 0. The number of unbranched alkanes of at least 4 members (excludes halogenated alkanes) is 2. The van der Waals surface area contributed by atoms with Crippen LogP contribution in [0.2, 0.25) is 0 Å². The monoisotopic (exact) mass is 226 g/mol. The van der Waals surface area contributed by atoms with Crippen molar-refractivity contribution < 1.29 is 22.8 Å². The van der Waals surface area contributed by atoms with Gasteiger partial charge in [0.15, 0.2) is 0 Å². The highest BCUT2D eigenvalue weighted by Crippen LogP contribution is 2.08. The lowest BCUT2D eigenvalue weighted by molar-refractivity contribution is 0.0119. The molecule has 0 aromatic rings. The van der Waals surface area contributed by atoms with Crippen LogP contribution in [-0.2, 0) is 14.9 Å². The van der Waals surface area contributed by atoms with E-state index in [0.29, 0.717) is 0 Å². The predicted molar refractivity (Wildman–Crippen MR) is 52.5 cm³/mol. The molecule has 2 unspecified atom stereocenters. The van der Waals surface area contributed by atoms with Gasteiger partial charge in [0.25, 0.3) is 10.1 Å². The molecule has 5 nitrogen and oxygen atoms in total. The van der Waals surface area contributed by atoms with Gasteiger partial charge in [-0.1, -0.05) is 19.8 Å². The highest BCUT2D eigenvalue weighted by Gasteiger charge is 2.28. The van der Waals surface area contributed by atoms with E-state index in [1.165, 1.54) is 6.92 Å². The largest absolute Gasteiger partial charge is 0.389 e. The van der Waals surface area contributed by atoms with Crippen molar-refractivity contribution in [2.75, 3.05) is 6.61 Å². The maximum atomic E-state index is 10.7. The Morgan fingerprint density at radius 3 is 2.29 bits per heavy atom. The molecule has 0 aromatic heterocycles. The Morgan fingerprint density at radius 2 is 1.93 bits per heavy atom. The maximum Gasteiger partial charge on any atom is 0.294 e. The molecule has 0 amide bonds. The molecule has 0 saturated carbocycles. The molecule has 14 heavy (non-hydrogen) atoms. The van der Waals surface area contributed by atoms with E-state index in [-0.39, 0.29) is 6.61 Å². The van der Waals surface area contributed by atoms with Crippen LogP contribution in [-0.4, -0.2) is 36.2 Å². The molecule has 2 atom stereocenters. The fraction of sp³-hybridized carbons (Fsp3) is 1.00. The lowest BCUT2D eigenvalue weighted by Crippen LogP contribution is -2.34. The first-order valence-corrected chi connectivity index (χ1v) is 6.16. The van der Waals surface area contributed by atoms with Crippen LogP contribution in [0.1, 0.15) is 33.1 Å². The van der Waals surface area contributed by atoms with E-state index >= 15 is 0 Å². The second kappa shape index (κ2) is 6.34. The van der Waals surface area contributed by atoms with Crippen molar-refractivity contribution in [3.8, 4) is 0 Å². The van der Waals surface area contributed by atoms with Crippen molar-refractivity contribution in [1.82, 2.24) is 0 Å². The van der Waals surface area contributed by atoms with Gasteiger partial charge in [0.05, 0.1) is 6.10 Å².